The minimum atomic E-state index is -3.96. The van der Waals surface area contributed by atoms with E-state index in [-0.39, 0.29) is 29.9 Å². The standard InChI is InChI=1S/C25H22FN3O4S/c26-20-7-3-6-18(14-20)21-13-17(10-11-27-21)16-28-25(30)22-8-4-12-29(22)34(31,32)24-15-19-5-1-2-9-23(19)33-24/h1-3,5-7,9-11,13-15,22H,4,8,12,16H2,(H,28,30)/t22-/m0/s1. The number of carbonyl (C=O) groups excluding carboxylic acids is 1. The number of furan rings is 1. The lowest BCUT2D eigenvalue weighted by Crippen LogP contribution is -2.45. The molecule has 1 N–H and O–H groups in total. The number of fused-ring (bicyclic) bond motifs is 1. The molecule has 1 fully saturated rings. The number of carbonyl (C=O) groups is 1. The summed E-state index contributed by atoms with van der Waals surface area (Å²) in [6, 6.07) is 17.4. The van der Waals surface area contributed by atoms with Crippen molar-refractivity contribution in [2.45, 2.75) is 30.5 Å². The van der Waals surface area contributed by atoms with Gasteiger partial charge >= 0.3 is 0 Å². The first-order valence-corrected chi connectivity index (χ1v) is 12.3. The van der Waals surface area contributed by atoms with Crippen LogP contribution in [0.1, 0.15) is 18.4 Å². The lowest BCUT2D eigenvalue weighted by Gasteiger charge is -2.22. The van der Waals surface area contributed by atoms with Gasteiger partial charge in [0.25, 0.3) is 10.0 Å². The third-order valence-electron chi connectivity index (χ3n) is 5.88. The summed E-state index contributed by atoms with van der Waals surface area (Å²) in [4.78, 5) is 17.2. The summed E-state index contributed by atoms with van der Waals surface area (Å²) >= 11 is 0. The normalized spacial score (nSPS) is 16.7. The molecule has 1 saturated heterocycles. The monoisotopic (exact) mass is 479 g/mol. The average molecular weight is 480 g/mol. The molecular weight excluding hydrogens is 457 g/mol. The molecule has 0 saturated carbocycles. The van der Waals surface area contributed by atoms with Gasteiger partial charge in [0.2, 0.25) is 11.0 Å². The van der Waals surface area contributed by atoms with Crippen molar-refractivity contribution in [2.75, 3.05) is 6.54 Å². The molecule has 7 nitrogen and oxygen atoms in total. The van der Waals surface area contributed by atoms with Crippen molar-refractivity contribution in [3.63, 3.8) is 0 Å². The van der Waals surface area contributed by atoms with Crippen LogP contribution in [0.5, 0.6) is 0 Å². The molecule has 9 heteroatoms. The third kappa shape index (κ3) is 4.32. The van der Waals surface area contributed by atoms with E-state index in [1.165, 1.54) is 22.5 Å². The fourth-order valence-corrected chi connectivity index (χ4v) is 5.79. The zero-order valence-corrected chi connectivity index (χ0v) is 19.0. The van der Waals surface area contributed by atoms with Gasteiger partial charge in [-0.3, -0.25) is 9.78 Å². The van der Waals surface area contributed by atoms with E-state index in [4.69, 9.17) is 4.42 Å². The van der Waals surface area contributed by atoms with Crippen LogP contribution in [0.15, 0.2) is 82.4 Å². The third-order valence-corrected chi connectivity index (χ3v) is 7.65. The number of benzene rings is 2. The number of nitrogens with one attached hydrogen (secondary N) is 1. The number of halogens is 1. The second kappa shape index (κ2) is 9.00. The average Bonchev–Trinajstić information content (AvgIpc) is 3.51. The summed E-state index contributed by atoms with van der Waals surface area (Å²) in [5, 5.41) is 3.36. The fraction of sp³-hybridized carbons (Fsp3) is 0.200. The van der Waals surface area contributed by atoms with Crippen molar-refractivity contribution >= 4 is 26.9 Å². The van der Waals surface area contributed by atoms with Gasteiger partial charge in [0.05, 0.1) is 5.69 Å². The van der Waals surface area contributed by atoms with Crippen molar-refractivity contribution in [3.8, 4) is 11.3 Å². The lowest BCUT2D eigenvalue weighted by atomic mass is 10.1. The van der Waals surface area contributed by atoms with Crippen LogP contribution in [0.25, 0.3) is 22.2 Å². The number of amides is 1. The number of hydrogen-bond donors (Lipinski definition) is 1. The summed E-state index contributed by atoms with van der Waals surface area (Å²) in [6.45, 7) is 0.440. The molecule has 0 aliphatic carbocycles. The minimum Gasteiger partial charge on any atom is -0.443 e. The van der Waals surface area contributed by atoms with Crippen LogP contribution in [0.2, 0.25) is 0 Å². The van der Waals surface area contributed by atoms with Crippen LogP contribution in [0, 0.1) is 5.82 Å². The molecule has 1 aliphatic heterocycles. The van der Waals surface area contributed by atoms with Gasteiger partial charge in [-0.05, 0) is 48.7 Å². The largest absolute Gasteiger partial charge is 0.443 e. The van der Waals surface area contributed by atoms with Gasteiger partial charge in [-0.15, -0.1) is 0 Å². The molecule has 1 aliphatic rings. The SMILES string of the molecule is O=C(NCc1ccnc(-c2cccc(F)c2)c1)[C@@H]1CCCN1S(=O)(=O)c1cc2ccccc2o1. The number of rotatable bonds is 6. The number of aromatic nitrogens is 1. The Hall–Kier alpha value is -3.56. The second-order valence-corrected chi connectivity index (χ2v) is 9.98. The van der Waals surface area contributed by atoms with Crippen molar-refractivity contribution < 1.29 is 22.0 Å². The van der Waals surface area contributed by atoms with Crippen LogP contribution in [-0.2, 0) is 21.4 Å². The van der Waals surface area contributed by atoms with Crippen LogP contribution >= 0.6 is 0 Å². The smallest absolute Gasteiger partial charge is 0.277 e. The van der Waals surface area contributed by atoms with E-state index >= 15 is 0 Å². The predicted molar refractivity (Wildman–Crippen MR) is 125 cm³/mol. The van der Waals surface area contributed by atoms with Gasteiger partial charge in [-0.2, -0.15) is 4.31 Å². The van der Waals surface area contributed by atoms with E-state index in [2.05, 4.69) is 10.3 Å². The van der Waals surface area contributed by atoms with E-state index in [1.54, 1.807) is 54.7 Å². The van der Waals surface area contributed by atoms with Crippen molar-refractivity contribution in [3.05, 3.63) is 84.3 Å². The summed E-state index contributed by atoms with van der Waals surface area (Å²) < 4.78 is 46.8. The molecule has 2 aromatic carbocycles. The highest BCUT2D eigenvalue weighted by Gasteiger charge is 2.41. The summed E-state index contributed by atoms with van der Waals surface area (Å²) in [5.74, 6) is -0.730. The number of hydrogen-bond acceptors (Lipinski definition) is 5. The molecule has 34 heavy (non-hydrogen) atoms. The van der Waals surface area contributed by atoms with Crippen LogP contribution in [0.4, 0.5) is 4.39 Å². The van der Waals surface area contributed by atoms with Crippen LogP contribution < -0.4 is 5.32 Å². The predicted octanol–water partition coefficient (Wildman–Crippen LogP) is 4.10. The molecule has 0 spiro atoms. The molecule has 3 heterocycles. The van der Waals surface area contributed by atoms with Crippen molar-refractivity contribution in [1.29, 1.82) is 0 Å². The van der Waals surface area contributed by atoms with Crippen LogP contribution in [-0.4, -0.2) is 36.2 Å². The van der Waals surface area contributed by atoms with Gasteiger partial charge in [-0.25, -0.2) is 12.8 Å². The molecule has 1 amide bonds. The summed E-state index contributed by atoms with van der Waals surface area (Å²) in [7, 11) is -3.96. The van der Waals surface area contributed by atoms with Gasteiger partial charge in [0, 0.05) is 36.3 Å². The second-order valence-electron chi connectivity index (χ2n) is 8.15. The molecule has 4 aromatic rings. The Morgan fingerprint density at radius 1 is 1.12 bits per heavy atom. The Morgan fingerprint density at radius 3 is 2.79 bits per heavy atom. The lowest BCUT2D eigenvalue weighted by molar-refractivity contribution is -0.124. The topological polar surface area (TPSA) is 92.5 Å². The maximum Gasteiger partial charge on any atom is 0.277 e. The Labute approximate surface area is 196 Å². The molecule has 1 atom stereocenters. The van der Waals surface area contributed by atoms with Gasteiger partial charge in [0.15, 0.2) is 0 Å². The number of sulfonamides is 1. The zero-order valence-electron chi connectivity index (χ0n) is 18.1. The first kappa shape index (κ1) is 22.2. The minimum absolute atomic E-state index is 0.165. The van der Waals surface area contributed by atoms with Crippen molar-refractivity contribution in [1.82, 2.24) is 14.6 Å². The quantitative estimate of drug-likeness (QED) is 0.449. The Balaban J connectivity index is 1.30. The fourth-order valence-electron chi connectivity index (χ4n) is 4.19. The maximum absolute atomic E-state index is 13.6. The molecular formula is C25H22FN3O4S. The summed E-state index contributed by atoms with van der Waals surface area (Å²) in [6.07, 6.45) is 2.60. The highest BCUT2D eigenvalue weighted by atomic mass is 32.2. The first-order valence-electron chi connectivity index (χ1n) is 10.9. The molecule has 174 valence electrons. The first-order chi connectivity index (χ1) is 16.4. The molecule has 0 unspecified atom stereocenters. The van der Waals surface area contributed by atoms with E-state index in [1.807, 2.05) is 0 Å². The van der Waals surface area contributed by atoms with E-state index in [0.29, 0.717) is 35.1 Å². The highest BCUT2D eigenvalue weighted by molar-refractivity contribution is 7.89. The maximum atomic E-state index is 13.6. The Kier molecular flexibility index (Phi) is 5.89. The van der Waals surface area contributed by atoms with Crippen molar-refractivity contribution in [2.24, 2.45) is 0 Å². The summed E-state index contributed by atoms with van der Waals surface area (Å²) in [5.41, 5.74) is 2.47. The molecule has 5 rings (SSSR count). The molecule has 0 radical (unpaired) electrons. The van der Waals surface area contributed by atoms with Gasteiger partial charge < -0.3 is 9.73 Å². The number of nitrogens with zero attached hydrogens (tertiary/aromatic N) is 2. The van der Waals surface area contributed by atoms with Crippen LogP contribution in [0.3, 0.4) is 0 Å². The Morgan fingerprint density at radius 2 is 1.97 bits per heavy atom. The zero-order chi connectivity index (χ0) is 23.7. The van der Waals surface area contributed by atoms with Gasteiger partial charge in [0.1, 0.15) is 17.4 Å². The highest BCUT2D eigenvalue weighted by Crippen LogP contribution is 2.30. The van der Waals surface area contributed by atoms with Gasteiger partial charge in [-0.1, -0.05) is 30.3 Å². The molecule has 0 bridgehead atoms. The number of pyridine rings is 1. The van der Waals surface area contributed by atoms with E-state index in [9.17, 15) is 17.6 Å². The number of para-hydroxylation sites is 1. The Bertz CT molecular complexity index is 1430. The molecule has 2 aromatic heterocycles. The van der Waals surface area contributed by atoms with E-state index in [0.717, 1.165) is 5.56 Å². The van der Waals surface area contributed by atoms with E-state index < -0.39 is 16.1 Å².